The second-order valence-electron chi connectivity index (χ2n) is 4.78. The van der Waals surface area contributed by atoms with Crippen molar-refractivity contribution >= 4 is 35.4 Å². The first-order valence-corrected chi connectivity index (χ1v) is 8.44. The second kappa shape index (κ2) is 9.73. The van der Waals surface area contributed by atoms with Gasteiger partial charge < -0.3 is 21.1 Å². The Bertz CT molecular complexity index is 539. The molecule has 0 aliphatic heterocycles. The Hall–Kier alpha value is -2.22. The third kappa shape index (κ3) is 7.05. The first-order valence-electron chi connectivity index (χ1n) is 7.05. The maximum absolute atomic E-state index is 12.1. The number of carbonyl (C=O) groups is 3. The van der Waals surface area contributed by atoms with Gasteiger partial charge in [-0.2, -0.15) is 11.8 Å². The van der Waals surface area contributed by atoms with Crippen molar-refractivity contribution in [1.82, 2.24) is 5.32 Å². The lowest BCUT2D eigenvalue weighted by atomic mass is 10.2. The van der Waals surface area contributed by atoms with Gasteiger partial charge >= 0.3 is 12.0 Å². The minimum Gasteiger partial charge on any atom is -0.451 e. The molecule has 1 aromatic carbocycles. The lowest BCUT2D eigenvalue weighted by Crippen LogP contribution is -2.46. The van der Waals surface area contributed by atoms with E-state index in [1.807, 2.05) is 12.3 Å². The average Bonchev–Trinajstić information content (AvgIpc) is 2.51. The smallest absolute Gasteiger partial charge is 0.329 e. The number of amides is 3. The predicted octanol–water partition coefficient (Wildman–Crippen LogP) is 1.35. The molecule has 0 saturated heterocycles. The topological polar surface area (TPSA) is 111 Å². The van der Waals surface area contributed by atoms with Crippen LogP contribution < -0.4 is 16.4 Å². The van der Waals surface area contributed by atoms with E-state index < -0.39 is 30.1 Å². The number of rotatable bonds is 8. The normalized spacial score (nSPS) is 12.8. The summed E-state index contributed by atoms with van der Waals surface area (Å²) < 4.78 is 5.11. The molecule has 0 saturated carbocycles. The van der Waals surface area contributed by atoms with Crippen LogP contribution in [0.2, 0.25) is 0 Å². The number of benzene rings is 1. The lowest BCUT2D eigenvalue weighted by Gasteiger charge is -2.19. The largest absolute Gasteiger partial charge is 0.451 e. The number of hydrogen-bond donors (Lipinski definition) is 3. The monoisotopic (exact) mass is 339 g/mol. The Morgan fingerprint density at radius 2 is 1.91 bits per heavy atom. The number of para-hydroxylation sites is 1. The number of nitrogens with one attached hydrogen (secondary N) is 2. The molecule has 126 valence electrons. The quantitative estimate of drug-likeness (QED) is 0.619. The maximum atomic E-state index is 12.1. The zero-order chi connectivity index (χ0) is 17.2. The highest BCUT2D eigenvalue weighted by atomic mass is 32.2. The van der Waals surface area contributed by atoms with Crippen LogP contribution in [0.1, 0.15) is 13.3 Å². The van der Waals surface area contributed by atoms with Crippen LogP contribution in [0, 0.1) is 0 Å². The number of carbonyl (C=O) groups excluding carboxylic acids is 3. The van der Waals surface area contributed by atoms with Crippen molar-refractivity contribution in [3.8, 4) is 0 Å². The van der Waals surface area contributed by atoms with Gasteiger partial charge in [0.25, 0.3) is 5.91 Å². The average molecular weight is 339 g/mol. The molecule has 0 aromatic heterocycles. The van der Waals surface area contributed by atoms with Crippen molar-refractivity contribution in [2.45, 2.75) is 25.5 Å². The van der Waals surface area contributed by atoms with Crippen LogP contribution in [0.25, 0.3) is 0 Å². The van der Waals surface area contributed by atoms with Crippen LogP contribution in [0.3, 0.4) is 0 Å². The van der Waals surface area contributed by atoms with E-state index in [1.165, 1.54) is 18.7 Å². The summed E-state index contributed by atoms with van der Waals surface area (Å²) in [7, 11) is 0. The van der Waals surface area contributed by atoms with Gasteiger partial charge in [-0.25, -0.2) is 9.59 Å². The molecule has 0 radical (unpaired) electrons. The first kappa shape index (κ1) is 18.8. The number of nitrogens with two attached hydrogens (primary N) is 1. The number of urea groups is 1. The van der Waals surface area contributed by atoms with Gasteiger partial charge in [-0.05, 0) is 37.5 Å². The number of primary amides is 1. The van der Waals surface area contributed by atoms with Crippen molar-refractivity contribution in [2.24, 2.45) is 5.73 Å². The van der Waals surface area contributed by atoms with E-state index in [9.17, 15) is 14.4 Å². The third-order valence-electron chi connectivity index (χ3n) is 2.92. The number of hydrogen-bond acceptors (Lipinski definition) is 5. The first-order chi connectivity index (χ1) is 10.9. The van der Waals surface area contributed by atoms with Crippen molar-refractivity contribution in [3.05, 3.63) is 30.3 Å². The van der Waals surface area contributed by atoms with E-state index in [-0.39, 0.29) is 0 Å². The number of ether oxygens (including phenoxy) is 1. The summed E-state index contributed by atoms with van der Waals surface area (Å²) in [5.41, 5.74) is 5.66. The fraction of sp³-hybridized carbons (Fsp3) is 0.400. The summed E-state index contributed by atoms with van der Waals surface area (Å²) in [5, 5.41) is 4.97. The van der Waals surface area contributed by atoms with E-state index in [0.717, 1.165) is 0 Å². The SMILES string of the molecule is CSCC[C@H](NC(N)=O)C(=O)O[C@@H](C)C(=O)Nc1ccccc1. The van der Waals surface area contributed by atoms with Crippen molar-refractivity contribution < 1.29 is 19.1 Å². The van der Waals surface area contributed by atoms with Gasteiger partial charge in [-0.1, -0.05) is 18.2 Å². The zero-order valence-electron chi connectivity index (χ0n) is 13.1. The van der Waals surface area contributed by atoms with E-state index in [4.69, 9.17) is 10.5 Å². The molecule has 0 fully saturated rings. The number of anilines is 1. The standard InChI is InChI=1S/C15H21N3O4S/c1-10(13(19)17-11-6-4-3-5-7-11)22-14(20)12(8-9-23-2)18-15(16)21/h3-7,10,12H,8-9H2,1-2H3,(H,17,19)(H3,16,18,21)/t10-,12-/m0/s1. The lowest BCUT2D eigenvalue weighted by molar-refractivity contribution is -0.155. The van der Waals surface area contributed by atoms with Gasteiger partial charge in [-0.3, -0.25) is 4.79 Å². The Balaban J connectivity index is 2.58. The van der Waals surface area contributed by atoms with Gasteiger partial charge in [0.2, 0.25) is 0 Å². The summed E-state index contributed by atoms with van der Waals surface area (Å²) >= 11 is 1.52. The highest BCUT2D eigenvalue weighted by Gasteiger charge is 2.25. The van der Waals surface area contributed by atoms with Gasteiger partial charge in [-0.15, -0.1) is 0 Å². The van der Waals surface area contributed by atoms with Crippen LogP contribution in [0.5, 0.6) is 0 Å². The van der Waals surface area contributed by atoms with Gasteiger partial charge in [0, 0.05) is 5.69 Å². The third-order valence-corrected chi connectivity index (χ3v) is 3.56. The van der Waals surface area contributed by atoms with Crippen LogP contribution in [-0.4, -0.2) is 42.1 Å². The van der Waals surface area contributed by atoms with Crippen LogP contribution in [0.4, 0.5) is 10.5 Å². The van der Waals surface area contributed by atoms with Crippen LogP contribution >= 0.6 is 11.8 Å². The van der Waals surface area contributed by atoms with Crippen molar-refractivity contribution in [1.29, 1.82) is 0 Å². The Morgan fingerprint density at radius 1 is 1.26 bits per heavy atom. The maximum Gasteiger partial charge on any atom is 0.329 e. The fourth-order valence-electron chi connectivity index (χ4n) is 1.73. The van der Waals surface area contributed by atoms with Crippen molar-refractivity contribution in [3.63, 3.8) is 0 Å². The van der Waals surface area contributed by atoms with E-state index in [0.29, 0.717) is 17.9 Å². The molecule has 3 amide bonds. The number of thioether (sulfide) groups is 1. The number of esters is 1. The molecule has 2 atom stereocenters. The van der Waals surface area contributed by atoms with Crippen LogP contribution in [0.15, 0.2) is 30.3 Å². The molecule has 8 heteroatoms. The molecule has 4 N–H and O–H groups in total. The molecule has 0 bridgehead atoms. The predicted molar refractivity (Wildman–Crippen MR) is 90.1 cm³/mol. The minimum absolute atomic E-state index is 0.371. The molecule has 0 aliphatic rings. The molecule has 0 aliphatic carbocycles. The molecule has 0 heterocycles. The van der Waals surface area contributed by atoms with Gasteiger partial charge in [0.1, 0.15) is 6.04 Å². The van der Waals surface area contributed by atoms with Gasteiger partial charge in [0.15, 0.2) is 6.10 Å². The Labute approximate surface area is 139 Å². The Kier molecular flexibility index (Phi) is 7.96. The van der Waals surface area contributed by atoms with Gasteiger partial charge in [0.05, 0.1) is 0 Å². The summed E-state index contributed by atoms with van der Waals surface area (Å²) in [5.74, 6) is -0.495. The summed E-state index contributed by atoms with van der Waals surface area (Å²) in [6.07, 6.45) is 1.26. The fourth-order valence-corrected chi connectivity index (χ4v) is 2.20. The highest BCUT2D eigenvalue weighted by Crippen LogP contribution is 2.08. The van der Waals surface area contributed by atoms with Crippen molar-refractivity contribution in [2.75, 3.05) is 17.3 Å². The second-order valence-corrected chi connectivity index (χ2v) is 5.76. The van der Waals surface area contributed by atoms with E-state index in [1.54, 1.807) is 24.3 Å². The molecule has 1 rings (SSSR count). The zero-order valence-corrected chi connectivity index (χ0v) is 13.9. The molecular formula is C15H21N3O4S. The highest BCUT2D eigenvalue weighted by molar-refractivity contribution is 7.98. The molecule has 0 spiro atoms. The molecule has 1 aromatic rings. The summed E-state index contributed by atoms with van der Waals surface area (Å²) in [6, 6.07) is 7.15. The summed E-state index contributed by atoms with van der Waals surface area (Å²) in [4.78, 5) is 35.0. The molecule has 7 nitrogen and oxygen atoms in total. The van der Waals surface area contributed by atoms with E-state index >= 15 is 0 Å². The summed E-state index contributed by atoms with van der Waals surface area (Å²) in [6.45, 7) is 1.46. The molecular weight excluding hydrogens is 318 g/mol. The van der Waals surface area contributed by atoms with E-state index in [2.05, 4.69) is 10.6 Å². The Morgan fingerprint density at radius 3 is 2.48 bits per heavy atom. The van der Waals surface area contributed by atoms with Crippen LogP contribution in [-0.2, 0) is 14.3 Å². The molecule has 0 unspecified atom stereocenters. The molecule has 23 heavy (non-hydrogen) atoms. The minimum atomic E-state index is -0.992.